The normalized spacial score (nSPS) is 13.1. The number of ether oxygens (including phenoxy) is 1. The molecule has 0 fully saturated rings. The van der Waals surface area contributed by atoms with Crippen molar-refractivity contribution >= 4 is 34.7 Å². The van der Waals surface area contributed by atoms with E-state index >= 15 is 0 Å². The summed E-state index contributed by atoms with van der Waals surface area (Å²) in [5.74, 6) is -1.27. The van der Waals surface area contributed by atoms with Crippen molar-refractivity contribution in [3.63, 3.8) is 0 Å². The minimum atomic E-state index is -1.27. The summed E-state index contributed by atoms with van der Waals surface area (Å²) in [4.78, 5) is 36.2. The molecular formula is C19H23FN2O5S. The number of hydrogen-bond acceptors (Lipinski definition) is 5. The maximum absolute atomic E-state index is 13.1. The first kappa shape index (κ1) is 21.7. The lowest BCUT2D eigenvalue weighted by Crippen LogP contribution is -2.32. The number of carboxylic acids is 1. The maximum Gasteiger partial charge on any atom is 0.408 e. The highest BCUT2D eigenvalue weighted by Crippen LogP contribution is 2.25. The number of benzene rings is 1. The number of amides is 1. The second-order valence-electron chi connectivity index (χ2n) is 6.15. The molecule has 2 atom stereocenters. The number of aryl methyl sites for hydroxylation is 1. The van der Waals surface area contributed by atoms with Crippen molar-refractivity contribution in [1.82, 2.24) is 9.88 Å². The molecular weight excluding hydrogens is 387 g/mol. The highest BCUT2D eigenvalue weighted by Gasteiger charge is 2.16. The SMILES string of the molecule is CCC(F)COC(=O)NC(C)Sc1ccc2c(c1)c(=O)c(C(=O)O)cn2CC. The van der Waals surface area contributed by atoms with E-state index in [4.69, 9.17) is 4.74 Å². The average molecular weight is 410 g/mol. The Morgan fingerprint density at radius 2 is 2.07 bits per heavy atom. The third-order valence-corrected chi connectivity index (χ3v) is 5.09. The van der Waals surface area contributed by atoms with Crippen molar-refractivity contribution < 1.29 is 23.8 Å². The van der Waals surface area contributed by atoms with E-state index in [1.165, 1.54) is 18.0 Å². The standard InChI is InChI=1S/C19H23FN2O5S/c1-4-12(20)10-27-19(26)21-11(3)28-13-6-7-16-14(8-13)17(23)15(18(24)25)9-22(16)5-2/h6-9,11-12H,4-5,10H2,1-3H3,(H,21,26)(H,24,25). The van der Waals surface area contributed by atoms with Crippen LogP contribution in [0.4, 0.5) is 9.18 Å². The van der Waals surface area contributed by atoms with Crippen LogP contribution in [0.3, 0.4) is 0 Å². The van der Waals surface area contributed by atoms with Crippen molar-refractivity contribution in [3.05, 3.63) is 40.2 Å². The van der Waals surface area contributed by atoms with Gasteiger partial charge in [-0.2, -0.15) is 0 Å². The number of carboxylic acid groups (broad SMARTS) is 1. The number of alkyl carbamates (subject to hydrolysis) is 1. The molecule has 7 nitrogen and oxygen atoms in total. The number of nitrogens with one attached hydrogen (secondary N) is 1. The van der Waals surface area contributed by atoms with E-state index in [2.05, 4.69) is 5.32 Å². The van der Waals surface area contributed by atoms with Gasteiger partial charge in [-0.1, -0.05) is 6.92 Å². The van der Waals surface area contributed by atoms with Crippen LogP contribution in [0.5, 0.6) is 0 Å². The third-order valence-electron chi connectivity index (χ3n) is 4.09. The molecule has 2 unspecified atom stereocenters. The second-order valence-corrected chi connectivity index (χ2v) is 7.56. The first-order valence-electron chi connectivity index (χ1n) is 8.91. The average Bonchev–Trinajstić information content (AvgIpc) is 2.66. The molecule has 0 saturated heterocycles. The number of hydrogen-bond donors (Lipinski definition) is 2. The minimum absolute atomic E-state index is 0.266. The van der Waals surface area contributed by atoms with Gasteiger partial charge in [0.15, 0.2) is 0 Å². The van der Waals surface area contributed by atoms with Gasteiger partial charge in [-0.25, -0.2) is 14.0 Å². The van der Waals surface area contributed by atoms with E-state index in [1.807, 2.05) is 6.92 Å². The van der Waals surface area contributed by atoms with E-state index in [0.717, 1.165) is 0 Å². The fourth-order valence-electron chi connectivity index (χ4n) is 2.59. The van der Waals surface area contributed by atoms with Gasteiger partial charge in [0.1, 0.15) is 18.3 Å². The van der Waals surface area contributed by atoms with Crippen LogP contribution in [0.2, 0.25) is 0 Å². The first-order valence-corrected chi connectivity index (χ1v) is 9.79. The molecule has 2 rings (SSSR count). The van der Waals surface area contributed by atoms with E-state index in [9.17, 15) is 23.9 Å². The molecule has 1 aromatic heterocycles. The number of aromatic carboxylic acids is 1. The Morgan fingerprint density at radius 1 is 1.36 bits per heavy atom. The molecule has 1 aromatic carbocycles. The van der Waals surface area contributed by atoms with Gasteiger partial charge >= 0.3 is 12.1 Å². The number of alkyl halides is 1. The lowest BCUT2D eigenvalue weighted by molar-refractivity contribution is 0.0694. The van der Waals surface area contributed by atoms with Crippen molar-refractivity contribution in [2.75, 3.05) is 6.61 Å². The van der Waals surface area contributed by atoms with Crippen LogP contribution in [-0.2, 0) is 11.3 Å². The number of fused-ring (bicyclic) bond motifs is 1. The van der Waals surface area contributed by atoms with Gasteiger partial charge in [0, 0.05) is 23.0 Å². The van der Waals surface area contributed by atoms with Crippen molar-refractivity contribution in [3.8, 4) is 0 Å². The number of aromatic nitrogens is 1. The Morgan fingerprint density at radius 3 is 2.68 bits per heavy atom. The van der Waals surface area contributed by atoms with Crippen LogP contribution < -0.4 is 10.7 Å². The number of thioether (sulfide) groups is 1. The molecule has 152 valence electrons. The molecule has 1 heterocycles. The van der Waals surface area contributed by atoms with Crippen molar-refractivity contribution in [2.24, 2.45) is 0 Å². The summed E-state index contributed by atoms with van der Waals surface area (Å²) in [5, 5.41) is 11.7. The van der Waals surface area contributed by atoms with Gasteiger partial charge in [0.2, 0.25) is 5.43 Å². The minimum Gasteiger partial charge on any atom is -0.477 e. The third kappa shape index (κ3) is 5.25. The number of carbonyl (C=O) groups is 2. The summed E-state index contributed by atoms with van der Waals surface area (Å²) in [6, 6.07) is 5.14. The van der Waals surface area contributed by atoms with Gasteiger partial charge in [0.25, 0.3) is 0 Å². The van der Waals surface area contributed by atoms with Crippen LogP contribution >= 0.6 is 11.8 Å². The molecule has 0 radical (unpaired) electrons. The summed E-state index contributed by atoms with van der Waals surface area (Å²) in [5.41, 5.74) is -0.207. The summed E-state index contributed by atoms with van der Waals surface area (Å²) < 4.78 is 19.6. The summed E-state index contributed by atoms with van der Waals surface area (Å²) >= 11 is 1.26. The Bertz CT molecular complexity index is 930. The van der Waals surface area contributed by atoms with E-state index in [0.29, 0.717) is 22.3 Å². The zero-order chi connectivity index (χ0) is 20.8. The lowest BCUT2D eigenvalue weighted by atomic mass is 10.1. The van der Waals surface area contributed by atoms with Crippen LogP contribution in [0.15, 0.2) is 34.1 Å². The number of rotatable bonds is 8. The van der Waals surface area contributed by atoms with Crippen molar-refractivity contribution in [2.45, 2.75) is 50.2 Å². The topological polar surface area (TPSA) is 97.6 Å². The number of nitrogens with zero attached hydrogens (tertiary/aromatic N) is 1. The monoisotopic (exact) mass is 410 g/mol. The van der Waals surface area contributed by atoms with E-state index < -0.39 is 29.0 Å². The Hall–Kier alpha value is -2.55. The predicted molar refractivity (Wildman–Crippen MR) is 106 cm³/mol. The molecule has 0 aliphatic carbocycles. The summed E-state index contributed by atoms with van der Waals surface area (Å²) in [6.45, 7) is 5.45. The zero-order valence-corrected chi connectivity index (χ0v) is 16.7. The number of carbonyl (C=O) groups excluding carboxylic acids is 1. The fraction of sp³-hybridized carbons (Fsp3) is 0.421. The van der Waals surface area contributed by atoms with Gasteiger partial charge in [0.05, 0.1) is 10.9 Å². The largest absolute Gasteiger partial charge is 0.477 e. The molecule has 9 heteroatoms. The molecule has 0 bridgehead atoms. The number of halogens is 1. The molecule has 2 aromatic rings. The van der Waals surface area contributed by atoms with E-state index in [-0.39, 0.29) is 18.6 Å². The van der Waals surface area contributed by atoms with Gasteiger partial charge < -0.3 is 19.7 Å². The molecule has 0 saturated carbocycles. The zero-order valence-electron chi connectivity index (χ0n) is 15.9. The second kappa shape index (κ2) is 9.59. The Labute approximate surface area is 165 Å². The Balaban J connectivity index is 2.19. The quantitative estimate of drug-likeness (QED) is 0.509. The molecule has 2 N–H and O–H groups in total. The van der Waals surface area contributed by atoms with Gasteiger partial charge in [-0.05, 0) is 38.5 Å². The molecule has 28 heavy (non-hydrogen) atoms. The van der Waals surface area contributed by atoms with Crippen LogP contribution in [-0.4, -0.2) is 39.9 Å². The van der Waals surface area contributed by atoms with Gasteiger partial charge in [-0.15, -0.1) is 11.8 Å². The molecule has 0 spiro atoms. The Kier molecular flexibility index (Phi) is 7.45. The smallest absolute Gasteiger partial charge is 0.408 e. The molecule has 0 aliphatic heterocycles. The van der Waals surface area contributed by atoms with Crippen LogP contribution in [0, 0.1) is 0 Å². The molecule has 1 amide bonds. The molecule has 0 aliphatic rings. The fourth-order valence-corrected chi connectivity index (χ4v) is 3.48. The highest BCUT2D eigenvalue weighted by molar-refractivity contribution is 7.99. The maximum atomic E-state index is 13.1. The van der Waals surface area contributed by atoms with Crippen LogP contribution in [0.1, 0.15) is 37.6 Å². The first-order chi connectivity index (χ1) is 13.3. The predicted octanol–water partition coefficient (Wildman–Crippen LogP) is 3.63. The van der Waals surface area contributed by atoms with E-state index in [1.54, 1.807) is 36.6 Å². The van der Waals surface area contributed by atoms with Gasteiger partial charge in [-0.3, -0.25) is 4.79 Å². The summed E-state index contributed by atoms with van der Waals surface area (Å²) in [7, 11) is 0. The highest BCUT2D eigenvalue weighted by atomic mass is 32.2. The number of pyridine rings is 1. The summed E-state index contributed by atoms with van der Waals surface area (Å²) in [6.07, 6.45) is -0.312. The lowest BCUT2D eigenvalue weighted by Gasteiger charge is -2.15. The van der Waals surface area contributed by atoms with Crippen LogP contribution in [0.25, 0.3) is 10.9 Å². The van der Waals surface area contributed by atoms with Crippen molar-refractivity contribution in [1.29, 1.82) is 0 Å².